The summed E-state index contributed by atoms with van der Waals surface area (Å²) in [6.45, 7) is 5.67. The van der Waals surface area contributed by atoms with Gasteiger partial charge in [-0.2, -0.15) is 0 Å². The van der Waals surface area contributed by atoms with Gasteiger partial charge in [-0.25, -0.2) is 0 Å². The van der Waals surface area contributed by atoms with E-state index in [1.54, 1.807) is 13.8 Å². The van der Waals surface area contributed by atoms with Crippen LogP contribution in [-0.2, 0) is 14.4 Å². The quantitative estimate of drug-likeness (QED) is 0.691. The van der Waals surface area contributed by atoms with E-state index >= 15 is 0 Å². The Kier molecular flexibility index (Phi) is 5.05. The highest BCUT2D eigenvalue weighted by molar-refractivity contribution is 6.38. The van der Waals surface area contributed by atoms with E-state index in [1.807, 2.05) is 6.92 Å². The summed E-state index contributed by atoms with van der Waals surface area (Å²) in [6.07, 6.45) is 1.71. The van der Waals surface area contributed by atoms with Crippen LogP contribution in [0.25, 0.3) is 0 Å². The smallest absolute Gasteiger partial charge is 0.317 e. The highest BCUT2D eigenvalue weighted by atomic mass is 16.4. The van der Waals surface area contributed by atoms with Crippen LogP contribution < -0.4 is 5.32 Å². The highest BCUT2D eigenvalue weighted by Gasteiger charge is 2.38. The Morgan fingerprint density at radius 2 is 2.00 bits per heavy atom. The SMILES string of the molecule is CCC(C)(C)C(=O)C(=O)N1CCCC1NCC(=O)O. The number of likely N-dealkylation sites (tertiary alicyclic amines) is 1. The summed E-state index contributed by atoms with van der Waals surface area (Å²) in [4.78, 5) is 36.3. The summed E-state index contributed by atoms with van der Waals surface area (Å²) in [6, 6.07) is 0. The van der Waals surface area contributed by atoms with Crippen molar-refractivity contribution in [3.63, 3.8) is 0 Å². The molecule has 1 atom stereocenters. The van der Waals surface area contributed by atoms with Crippen molar-refractivity contribution >= 4 is 17.7 Å². The second kappa shape index (κ2) is 6.14. The third-order valence-corrected chi connectivity index (χ3v) is 3.70. The molecule has 2 N–H and O–H groups in total. The molecule has 0 aromatic carbocycles. The molecule has 0 bridgehead atoms. The Morgan fingerprint density at radius 1 is 1.37 bits per heavy atom. The first-order valence-corrected chi connectivity index (χ1v) is 6.60. The first-order valence-electron chi connectivity index (χ1n) is 6.60. The fraction of sp³-hybridized carbons (Fsp3) is 0.769. The minimum absolute atomic E-state index is 0.209. The fourth-order valence-electron chi connectivity index (χ4n) is 2.01. The van der Waals surface area contributed by atoms with Crippen LogP contribution in [-0.4, -0.2) is 46.9 Å². The van der Waals surface area contributed by atoms with E-state index in [9.17, 15) is 14.4 Å². The van der Waals surface area contributed by atoms with E-state index < -0.39 is 23.1 Å². The van der Waals surface area contributed by atoms with Crippen molar-refractivity contribution in [3.05, 3.63) is 0 Å². The van der Waals surface area contributed by atoms with Gasteiger partial charge >= 0.3 is 5.97 Å². The van der Waals surface area contributed by atoms with E-state index in [4.69, 9.17) is 5.11 Å². The Bertz CT molecular complexity index is 379. The molecule has 6 nitrogen and oxygen atoms in total. The molecule has 0 spiro atoms. The van der Waals surface area contributed by atoms with E-state index in [0.29, 0.717) is 19.4 Å². The number of carbonyl (C=O) groups is 3. The number of amides is 1. The van der Waals surface area contributed by atoms with E-state index in [0.717, 1.165) is 6.42 Å². The van der Waals surface area contributed by atoms with Gasteiger partial charge in [0.1, 0.15) is 0 Å². The highest BCUT2D eigenvalue weighted by Crippen LogP contribution is 2.24. The number of hydrogen-bond acceptors (Lipinski definition) is 4. The van der Waals surface area contributed by atoms with Gasteiger partial charge in [-0.05, 0) is 19.3 Å². The Balaban J connectivity index is 2.70. The van der Waals surface area contributed by atoms with Crippen molar-refractivity contribution in [2.75, 3.05) is 13.1 Å². The van der Waals surface area contributed by atoms with Gasteiger partial charge in [0.25, 0.3) is 5.91 Å². The maximum atomic E-state index is 12.2. The van der Waals surface area contributed by atoms with Crippen LogP contribution in [0.4, 0.5) is 0 Å². The number of nitrogens with one attached hydrogen (secondary N) is 1. The Hall–Kier alpha value is -1.43. The molecule has 19 heavy (non-hydrogen) atoms. The average molecular weight is 270 g/mol. The van der Waals surface area contributed by atoms with E-state index in [-0.39, 0.29) is 12.7 Å². The summed E-state index contributed by atoms with van der Waals surface area (Å²) in [5.41, 5.74) is -0.670. The lowest BCUT2D eigenvalue weighted by Crippen LogP contribution is -2.50. The lowest BCUT2D eigenvalue weighted by Gasteiger charge is -2.28. The molecule has 1 aliphatic rings. The number of hydrogen-bond donors (Lipinski definition) is 2. The standard InChI is InChI=1S/C13H22N2O4/c1-4-13(2,3)11(18)12(19)15-7-5-6-9(15)14-8-10(16)17/h9,14H,4-8H2,1-3H3,(H,16,17). The first-order chi connectivity index (χ1) is 8.79. The lowest BCUT2D eigenvalue weighted by atomic mass is 9.84. The van der Waals surface area contributed by atoms with Gasteiger partial charge in [-0.3, -0.25) is 19.7 Å². The fourth-order valence-corrected chi connectivity index (χ4v) is 2.01. The van der Waals surface area contributed by atoms with Crippen molar-refractivity contribution in [1.29, 1.82) is 0 Å². The molecule has 0 aromatic rings. The number of carbonyl (C=O) groups excluding carboxylic acids is 2. The molecule has 108 valence electrons. The van der Waals surface area contributed by atoms with Crippen LogP contribution in [0.1, 0.15) is 40.0 Å². The summed E-state index contributed by atoms with van der Waals surface area (Å²) < 4.78 is 0. The number of carboxylic acids is 1. The number of nitrogens with zero attached hydrogens (tertiary/aromatic N) is 1. The van der Waals surface area contributed by atoms with E-state index in [2.05, 4.69) is 5.32 Å². The molecule has 1 rings (SSSR count). The van der Waals surface area contributed by atoms with Gasteiger partial charge in [-0.1, -0.05) is 20.8 Å². The second-order valence-electron chi connectivity index (χ2n) is 5.50. The third-order valence-electron chi connectivity index (χ3n) is 3.70. The molecule has 1 heterocycles. The maximum Gasteiger partial charge on any atom is 0.317 e. The summed E-state index contributed by atoms with van der Waals surface area (Å²) in [5, 5.41) is 11.4. The molecule has 0 aromatic heterocycles. The molecule has 1 saturated heterocycles. The predicted molar refractivity (Wildman–Crippen MR) is 69.5 cm³/mol. The van der Waals surface area contributed by atoms with Gasteiger partial charge < -0.3 is 10.0 Å². The van der Waals surface area contributed by atoms with Gasteiger partial charge in [0.15, 0.2) is 0 Å². The molecule has 6 heteroatoms. The summed E-state index contributed by atoms with van der Waals surface area (Å²) in [7, 11) is 0. The van der Waals surface area contributed by atoms with Crippen LogP contribution >= 0.6 is 0 Å². The summed E-state index contributed by atoms with van der Waals surface area (Å²) in [5.74, 6) is -1.88. The summed E-state index contributed by atoms with van der Waals surface area (Å²) >= 11 is 0. The first kappa shape index (κ1) is 15.6. The average Bonchev–Trinajstić information content (AvgIpc) is 2.82. The zero-order valence-electron chi connectivity index (χ0n) is 11.7. The monoisotopic (exact) mass is 270 g/mol. The van der Waals surface area contributed by atoms with E-state index in [1.165, 1.54) is 4.90 Å². The molecule has 0 radical (unpaired) electrons. The molecule has 0 aliphatic carbocycles. The molecule has 1 aliphatic heterocycles. The number of Topliss-reactive ketones (excluding diaryl/α,β-unsaturated/α-hetero) is 1. The number of carboxylic acid groups (broad SMARTS) is 1. The Labute approximate surface area is 113 Å². The zero-order chi connectivity index (χ0) is 14.6. The van der Waals surface area contributed by atoms with Crippen LogP contribution in [0.15, 0.2) is 0 Å². The molecule has 1 unspecified atom stereocenters. The van der Waals surface area contributed by atoms with Gasteiger partial charge in [-0.15, -0.1) is 0 Å². The molecule has 0 saturated carbocycles. The van der Waals surface area contributed by atoms with Crippen molar-refractivity contribution in [2.24, 2.45) is 5.41 Å². The molecule has 1 amide bonds. The number of aliphatic carboxylic acids is 1. The third kappa shape index (κ3) is 3.76. The maximum absolute atomic E-state index is 12.2. The minimum Gasteiger partial charge on any atom is -0.480 e. The van der Waals surface area contributed by atoms with Crippen molar-refractivity contribution < 1.29 is 19.5 Å². The predicted octanol–water partition coefficient (Wildman–Crippen LogP) is 0.614. The van der Waals surface area contributed by atoms with Crippen molar-refractivity contribution in [2.45, 2.75) is 46.2 Å². The second-order valence-corrected chi connectivity index (χ2v) is 5.50. The van der Waals surface area contributed by atoms with Gasteiger partial charge in [0, 0.05) is 12.0 Å². The van der Waals surface area contributed by atoms with Crippen LogP contribution in [0.5, 0.6) is 0 Å². The van der Waals surface area contributed by atoms with Gasteiger partial charge in [0.05, 0.1) is 12.7 Å². The molecule has 1 fully saturated rings. The van der Waals surface area contributed by atoms with Gasteiger partial charge in [0.2, 0.25) is 5.78 Å². The van der Waals surface area contributed by atoms with Crippen molar-refractivity contribution in [1.82, 2.24) is 10.2 Å². The zero-order valence-corrected chi connectivity index (χ0v) is 11.7. The largest absolute Gasteiger partial charge is 0.480 e. The topological polar surface area (TPSA) is 86.7 Å². The molecular weight excluding hydrogens is 248 g/mol. The number of rotatable bonds is 6. The Morgan fingerprint density at radius 3 is 2.53 bits per heavy atom. The normalized spacial score (nSPS) is 19.5. The minimum atomic E-state index is -0.973. The number of ketones is 1. The van der Waals surface area contributed by atoms with Crippen molar-refractivity contribution in [3.8, 4) is 0 Å². The molecular formula is C13H22N2O4. The van der Waals surface area contributed by atoms with Crippen LogP contribution in [0, 0.1) is 5.41 Å². The lowest BCUT2D eigenvalue weighted by molar-refractivity contribution is -0.150. The van der Waals surface area contributed by atoms with Crippen LogP contribution in [0.3, 0.4) is 0 Å². The van der Waals surface area contributed by atoms with Crippen LogP contribution in [0.2, 0.25) is 0 Å².